The number of benzene rings is 1. The van der Waals surface area contributed by atoms with E-state index < -0.39 is 0 Å². The third-order valence-corrected chi connectivity index (χ3v) is 3.38. The lowest BCUT2D eigenvalue weighted by atomic mass is 9.81. The van der Waals surface area contributed by atoms with Crippen LogP contribution in [0.25, 0.3) is 0 Å². The summed E-state index contributed by atoms with van der Waals surface area (Å²) >= 11 is 0. The van der Waals surface area contributed by atoms with Gasteiger partial charge in [-0.15, -0.1) is 0 Å². The van der Waals surface area contributed by atoms with E-state index in [1.807, 2.05) is 45.0 Å². The molecule has 2 rings (SSSR count). The SMILES string of the molecule is CC1=C(C#N)C(c2cccc(C)c2)C(C#N)=C(C)N1. The molecule has 3 nitrogen and oxygen atoms in total. The van der Waals surface area contributed by atoms with Gasteiger partial charge in [0.1, 0.15) is 0 Å². The van der Waals surface area contributed by atoms with E-state index in [1.165, 1.54) is 0 Å². The molecule has 1 aromatic rings. The molecule has 0 bridgehead atoms. The molecule has 0 spiro atoms. The van der Waals surface area contributed by atoms with E-state index in [9.17, 15) is 10.5 Å². The van der Waals surface area contributed by atoms with E-state index in [1.54, 1.807) is 0 Å². The van der Waals surface area contributed by atoms with Crippen LogP contribution < -0.4 is 5.32 Å². The Hall–Kier alpha value is -2.52. The number of allylic oxidation sites excluding steroid dienone is 4. The highest BCUT2D eigenvalue weighted by Crippen LogP contribution is 2.37. The number of nitrogens with one attached hydrogen (secondary N) is 1. The molecule has 1 aromatic carbocycles. The van der Waals surface area contributed by atoms with Gasteiger partial charge in [0.15, 0.2) is 0 Å². The van der Waals surface area contributed by atoms with Gasteiger partial charge in [0.2, 0.25) is 0 Å². The number of hydrogen-bond acceptors (Lipinski definition) is 3. The molecule has 1 N–H and O–H groups in total. The highest BCUT2D eigenvalue weighted by molar-refractivity contribution is 5.55. The van der Waals surface area contributed by atoms with Crippen LogP contribution in [0.3, 0.4) is 0 Å². The van der Waals surface area contributed by atoms with Crippen LogP contribution in [-0.4, -0.2) is 0 Å². The van der Waals surface area contributed by atoms with Gasteiger partial charge >= 0.3 is 0 Å². The molecular formula is C16H15N3. The Labute approximate surface area is 113 Å². The molecule has 0 fully saturated rings. The first-order chi connectivity index (χ1) is 9.08. The topological polar surface area (TPSA) is 59.6 Å². The lowest BCUT2D eigenvalue weighted by Gasteiger charge is -2.26. The summed E-state index contributed by atoms with van der Waals surface area (Å²) in [5.41, 5.74) is 5.01. The van der Waals surface area contributed by atoms with Crippen molar-refractivity contribution in [3.63, 3.8) is 0 Å². The van der Waals surface area contributed by atoms with Crippen molar-refractivity contribution < 1.29 is 0 Å². The minimum Gasteiger partial charge on any atom is -0.361 e. The largest absolute Gasteiger partial charge is 0.361 e. The molecular weight excluding hydrogens is 234 g/mol. The molecule has 0 amide bonds. The van der Waals surface area contributed by atoms with Gasteiger partial charge in [-0.25, -0.2) is 0 Å². The molecule has 0 aliphatic carbocycles. The van der Waals surface area contributed by atoms with E-state index in [2.05, 4.69) is 17.5 Å². The first-order valence-corrected chi connectivity index (χ1v) is 6.13. The summed E-state index contributed by atoms with van der Waals surface area (Å²) < 4.78 is 0. The third kappa shape index (κ3) is 2.23. The van der Waals surface area contributed by atoms with E-state index in [4.69, 9.17) is 0 Å². The fraction of sp³-hybridized carbons (Fsp3) is 0.250. The summed E-state index contributed by atoms with van der Waals surface area (Å²) in [4.78, 5) is 0. The number of hydrogen-bond donors (Lipinski definition) is 1. The third-order valence-electron chi connectivity index (χ3n) is 3.38. The molecule has 19 heavy (non-hydrogen) atoms. The number of dihydropyridines is 1. The Kier molecular flexibility index (Phi) is 3.40. The number of nitrogens with zero attached hydrogens (tertiary/aromatic N) is 2. The van der Waals surface area contributed by atoms with Crippen LogP contribution in [0.15, 0.2) is 46.8 Å². The Morgan fingerprint density at radius 2 is 1.58 bits per heavy atom. The number of nitriles is 2. The zero-order chi connectivity index (χ0) is 14.0. The summed E-state index contributed by atoms with van der Waals surface area (Å²) in [6.45, 7) is 5.76. The van der Waals surface area contributed by atoms with Crippen LogP contribution in [0.5, 0.6) is 0 Å². The fourth-order valence-corrected chi connectivity index (χ4v) is 2.47. The van der Waals surface area contributed by atoms with Crippen molar-refractivity contribution in [2.24, 2.45) is 0 Å². The van der Waals surface area contributed by atoms with Gasteiger partial charge in [0.05, 0.1) is 29.2 Å². The minimum atomic E-state index is -0.254. The maximum atomic E-state index is 9.38. The second-order valence-electron chi connectivity index (χ2n) is 4.77. The molecule has 0 atom stereocenters. The van der Waals surface area contributed by atoms with Crippen molar-refractivity contribution in [3.05, 3.63) is 57.9 Å². The lowest BCUT2D eigenvalue weighted by Crippen LogP contribution is -2.23. The maximum absolute atomic E-state index is 9.38. The molecule has 0 unspecified atom stereocenters. The molecule has 0 saturated heterocycles. The van der Waals surface area contributed by atoms with Crippen LogP contribution in [0.2, 0.25) is 0 Å². The Balaban J connectivity index is 2.65. The van der Waals surface area contributed by atoms with E-state index in [0.29, 0.717) is 11.1 Å². The van der Waals surface area contributed by atoms with Gasteiger partial charge in [-0.05, 0) is 26.3 Å². The summed E-state index contributed by atoms with van der Waals surface area (Å²) in [5, 5.41) is 21.9. The molecule has 3 heteroatoms. The van der Waals surface area contributed by atoms with Crippen LogP contribution >= 0.6 is 0 Å². The number of aryl methyl sites for hydroxylation is 1. The predicted molar refractivity (Wildman–Crippen MR) is 73.7 cm³/mol. The highest BCUT2D eigenvalue weighted by Gasteiger charge is 2.29. The van der Waals surface area contributed by atoms with Gasteiger partial charge in [-0.3, -0.25) is 0 Å². The fourth-order valence-electron chi connectivity index (χ4n) is 2.47. The average molecular weight is 249 g/mol. The second kappa shape index (κ2) is 5.00. The lowest BCUT2D eigenvalue weighted by molar-refractivity contribution is 0.813. The Bertz CT molecular complexity index is 630. The predicted octanol–water partition coefficient (Wildman–Crippen LogP) is 3.28. The second-order valence-corrected chi connectivity index (χ2v) is 4.77. The van der Waals surface area contributed by atoms with E-state index >= 15 is 0 Å². The molecule has 94 valence electrons. The van der Waals surface area contributed by atoms with E-state index in [0.717, 1.165) is 22.5 Å². The van der Waals surface area contributed by atoms with Crippen molar-refractivity contribution in [1.29, 1.82) is 10.5 Å². The van der Waals surface area contributed by atoms with Crippen molar-refractivity contribution in [2.75, 3.05) is 0 Å². The van der Waals surface area contributed by atoms with Crippen LogP contribution in [-0.2, 0) is 0 Å². The molecule has 0 radical (unpaired) electrons. The maximum Gasteiger partial charge on any atom is 0.0975 e. The van der Waals surface area contributed by atoms with Crippen molar-refractivity contribution in [2.45, 2.75) is 26.7 Å². The van der Waals surface area contributed by atoms with E-state index in [-0.39, 0.29) is 5.92 Å². The Morgan fingerprint density at radius 1 is 1.00 bits per heavy atom. The molecule has 1 aliphatic rings. The van der Waals surface area contributed by atoms with Crippen molar-refractivity contribution in [1.82, 2.24) is 5.32 Å². The van der Waals surface area contributed by atoms with Gasteiger partial charge in [0, 0.05) is 11.4 Å². The summed E-state index contributed by atoms with van der Waals surface area (Å²) in [6, 6.07) is 12.4. The first-order valence-electron chi connectivity index (χ1n) is 6.13. The highest BCUT2D eigenvalue weighted by atomic mass is 14.9. The normalized spacial score (nSPS) is 15.8. The minimum absolute atomic E-state index is 0.254. The van der Waals surface area contributed by atoms with Crippen LogP contribution in [0, 0.1) is 29.6 Å². The van der Waals surface area contributed by atoms with Gasteiger partial charge in [-0.2, -0.15) is 10.5 Å². The van der Waals surface area contributed by atoms with Gasteiger partial charge in [-0.1, -0.05) is 29.8 Å². The summed E-state index contributed by atoms with van der Waals surface area (Å²) in [7, 11) is 0. The average Bonchev–Trinajstić information content (AvgIpc) is 2.38. The molecule has 1 heterocycles. The quantitative estimate of drug-likeness (QED) is 0.830. The molecule has 0 saturated carbocycles. The first kappa shape index (κ1) is 12.9. The smallest absolute Gasteiger partial charge is 0.0975 e. The summed E-state index contributed by atoms with van der Waals surface area (Å²) in [6.07, 6.45) is 0. The van der Waals surface area contributed by atoms with Crippen molar-refractivity contribution >= 4 is 0 Å². The van der Waals surface area contributed by atoms with Gasteiger partial charge < -0.3 is 5.32 Å². The monoisotopic (exact) mass is 249 g/mol. The summed E-state index contributed by atoms with van der Waals surface area (Å²) in [5.74, 6) is -0.254. The molecule has 1 aliphatic heterocycles. The standard InChI is InChI=1S/C16H15N3/c1-10-5-4-6-13(7-10)16-14(8-17)11(2)19-12(3)15(16)9-18/h4-7,16,19H,1-3H3. The van der Waals surface area contributed by atoms with Gasteiger partial charge in [0.25, 0.3) is 0 Å². The van der Waals surface area contributed by atoms with Crippen molar-refractivity contribution in [3.8, 4) is 12.1 Å². The number of rotatable bonds is 1. The molecule has 0 aromatic heterocycles. The van der Waals surface area contributed by atoms with Crippen LogP contribution in [0.4, 0.5) is 0 Å². The Morgan fingerprint density at radius 3 is 2.05 bits per heavy atom. The zero-order valence-electron chi connectivity index (χ0n) is 11.3. The zero-order valence-corrected chi connectivity index (χ0v) is 11.3. The van der Waals surface area contributed by atoms with Crippen LogP contribution in [0.1, 0.15) is 30.9 Å².